The fourth-order valence-electron chi connectivity index (χ4n) is 4.63. The van der Waals surface area contributed by atoms with Gasteiger partial charge in [-0.15, -0.1) is 0 Å². The van der Waals surface area contributed by atoms with Gasteiger partial charge in [0.15, 0.2) is 0 Å². The summed E-state index contributed by atoms with van der Waals surface area (Å²) in [4.78, 5) is 30.3. The second kappa shape index (κ2) is 8.41. The lowest BCUT2D eigenvalue weighted by Crippen LogP contribution is -2.41. The molecule has 5 rings (SSSR count). The first-order chi connectivity index (χ1) is 15.2. The molecule has 0 unspecified atom stereocenters. The van der Waals surface area contributed by atoms with Crippen molar-refractivity contribution < 1.29 is 9.53 Å². The van der Waals surface area contributed by atoms with Gasteiger partial charge in [-0.3, -0.25) is 4.79 Å². The van der Waals surface area contributed by atoms with Crippen molar-refractivity contribution >= 4 is 11.7 Å². The summed E-state index contributed by atoms with van der Waals surface area (Å²) < 4.78 is 5.31. The van der Waals surface area contributed by atoms with E-state index < -0.39 is 0 Å². The highest BCUT2D eigenvalue weighted by molar-refractivity contribution is 5.95. The van der Waals surface area contributed by atoms with Gasteiger partial charge in [0.2, 0.25) is 0 Å². The Morgan fingerprint density at radius 3 is 2.65 bits per heavy atom. The van der Waals surface area contributed by atoms with E-state index in [0.29, 0.717) is 12.1 Å². The Morgan fingerprint density at radius 1 is 1.06 bits per heavy atom. The number of anilines is 1. The van der Waals surface area contributed by atoms with Gasteiger partial charge in [-0.2, -0.15) is 0 Å². The van der Waals surface area contributed by atoms with Crippen molar-refractivity contribution in [2.24, 2.45) is 0 Å². The highest BCUT2D eigenvalue weighted by atomic mass is 16.5. The standard InChI is InChI=1S/C24H27N5O2/c1-31-19-7-5-17(6-8-19)23-22-20(26-16-27-22)10-14-29(23)24(30)18-9-11-25-21(15-18)28-12-3-2-4-13-28/h5-9,11,15-16,23H,2-4,10,12-14H2,1H3,(H,26,27)/t23-/m0/s1. The third-order valence-corrected chi connectivity index (χ3v) is 6.29. The van der Waals surface area contributed by atoms with Gasteiger partial charge in [-0.05, 0) is 49.1 Å². The van der Waals surface area contributed by atoms with Gasteiger partial charge in [0.25, 0.3) is 5.91 Å². The molecule has 2 aromatic heterocycles. The maximum Gasteiger partial charge on any atom is 0.254 e. The zero-order chi connectivity index (χ0) is 21.2. The topological polar surface area (TPSA) is 74.3 Å². The molecule has 1 fully saturated rings. The van der Waals surface area contributed by atoms with Crippen molar-refractivity contribution in [1.82, 2.24) is 19.9 Å². The molecular formula is C24H27N5O2. The van der Waals surface area contributed by atoms with Gasteiger partial charge >= 0.3 is 0 Å². The Kier molecular flexibility index (Phi) is 5.32. The summed E-state index contributed by atoms with van der Waals surface area (Å²) in [5.41, 5.74) is 3.70. The molecule has 1 atom stereocenters. The number of piperidine rings is 1. The predicted molar refractivity (Wildman–Crippen MR) is 118 cm³/mol. The van der Waals surface area contributed by atoms with Crippen molar-refractivity contribution in [2.45, 2.75) is 31.7 Å². The van der Waals surface area contributed by atoms with Gasteiger partial charge in [0.1, 0.15) is 17.6 Å². The molecule has 0 spiro atoms. The number of nitrogens with one attached hydrogen (secondary N) is 1. The van der Waals surface area contributed by atoms with Crippen molar-refractivity contribution in [3.05, 3.63) is 71.4 Å². The van der Waals surface area contributed by atoms with Gasteiger partial charge in [-0.25, -0.2) is 9.97 Å². The van der Waals surface area contributed by atoms with Crippen LogP contribution >= 0.6 is 0 Å². The number of aromatic amines is 1. The number of fused-ring (bicyclic) bond motifs is 1. The number of ether oxygens (including phenoxy) is 1. The van der Waals surface area contributed by atoms with E-state index in [1.165, 1.54) is 19.3 Å². The Morgan fingerprint density at radius 2 is 1.87 bits per heavy atom. The highest BCUT2D eigenvalue weighted by Gasteiger charge is 2.34. The summed E-state index contributed by atoms with van der Waals surface area (Å²) in [6.07, 6.45) is 7.84. The molecule has 3 aromatic rings. The Hall–Kier alpha value is -3.35. The summed E-state index contributed by atoms with van der Waals surface area (Å²) in [7, 11) is 1.65. The van der Waals surface area contributed by atoms with Gasteiger partial charge < -0.3 is 19.5 Å². The first kappa shape index (κ1) is 19.6. The summed E-state index contributed by atoms with van der Waals surface area (Å²) in [6, 6.07) is 11.4. The summed E-state index contributed by atoms with van der Waals surface area (Å²) in [6.45, 7) is 2.63. The number of amides is 1. The summed E-state index contributed by atoms with van der Waals surface area (Å²) >= 11 is 0. The van der Waals surface area contributed by atoms with Crippen LogP contribution in [0.1, 0.15) is 52.6 Å². The van der Waals surface area contributed by atoms with E-state index in [2.05, 4.69) is 19.9 Å². The van der Waals surface area contributed by atoms with Crippen molar-refractivity contribution in [3.63, 3.8) is 0 Å². The zero-order valence-electron chi connectivity index (χ0n) is 17.8. The quantitative estimate of drug-likeness (QED) is 0.702. The molecule has 0 bridgehead atoms. The smallest absolute Gasteiger partial charge is 0.254 e. The Labute approximate surface area is 182 Å². The van der Waals surface area contributed by atoms with Crippen LogP contribution in [-0.4, -0.2) is 52.5 Å². The highest BCUT2D eigenvalue weighted by Crippen LogP contribution is 2.35. The third kappa shape index (κ3) is 3.76. The molecular weight excluding hydrogens is 390 g/mol. The van der Waals surface area contributed by atoms with E-state index in [1.807, 2.05) is 41.3 Å². The fraction of sp³-hybridized carbons (Fsp3) is 0.375. The molecule has 0 aliphatic carbocycles. The van der Waals surface area contributed by atoms with Crippen LogP contribution in [0.15, 0.2) is 48.9 Å². The molecule has 160 valence electrons. The van der Waals surface area contributed by atoms with Crippen molar-refractivity contribution in [1.29, 1.82) is 0 Å². The number of carbonyl (C=O) groups is 1. The molecule has 1 N–H and O–H groups in total. The number of aromatic nitrogens is 3. The number of benzene rings is 1. The van der Waals surface area contributed by atoms with E-state index in [4.69, 9.17) is 4.74 Å². The zero-order valence-corrected chi connectivity index (χ0v) is 17.8. The van der Waals surface area contributed by atoms with Crippen LogP contribution in [0.2, 0.25) is 0 Å². The van der Waals surface area contributed by atoms with Crippen molar-refractivity contribution in [2.75, 3.05) is 31.6 Å². The lowest BCUT2D eigenvalue weighted by Gasteiger charge is -2.35. The molecule has 1 aromatic carbocycles. The monoisotopic (exact) mass is 417 g/mol. The van der Waals surface area contributed by atoms with E-state index in [9.17, 15) is 4.79 Å². The van der Waals surface area contributed by atoms with Crippen LogP contribution in [-0.2, 0) is 6.42 Å². The van der Waals surface area contributed by atoms with E-state index in [1.54, 1.807) is 19.6 Å². The molecule has 2 aliphatic rings. The normalized spacial score (nSPS) is 18.5. The Bertz CT molecular complexity index is 1060. The van der Waals surface area contributed by atoms with Gasteiger partial charge in [0.05, 0.1) is 19.1 Å². The number of carbonyl (C=O) groups excluding carboxylic acids is 1. The molecule has 7 heteroatoms. The van der Waals surface area contributed by atoms with Gasteiger partial charge in [0, 0.05) is 43.5 Å². The average molecular weight is 418 g/mol. The molecule has 2 aliphatic heterocycles. The molecule has 0 radical (unpaired) electrons. The van der Waals surface area contributed by atoms with E-state index in [-0.39, 0.29) is 11.9 Å². The van der Waals surface area contributed by atoms with Crippen molar-refractivity contribution in [3.8, 4) is 5.75 Å². The lowest BCUT2D eigenvalue weighted by molar-refractivity contribution is 0.0690. The largest absolute Gasteiger partial charge is 0.497 e. The number of nitrogens with zero attached hydrogens (tertiary/aromatic N) is 4. The third-order valence-electron chi connectivity index (χ3n) is 6.29. The fourth-order valence-corrected chi connectivity index (χ4v) is 4.63. The van der Waals surface area contributed by atoms with Crippen LogP contribution in [0.3, 0.4) is 0 Å². The number of rotatable bonds is 4. The predicted octanol–water partition coefficient (Wildman–Crippen LogP) is 3.59. The maximum atomic E-state index is 13.7. The number of H-pyrrole nitrogens is 1. The van der Waals surface area contributed by atoms with Crippen LogP contribution in [0.25, 0.3) is 0 Å². The van der Waals surface area contributed by atoms with Gasteiger partial charge in [-0.1, -0.05) is 12.1 Å². The number of pyridine rings is 1. The minimum atomic E-state index is -0.236. The van der Waals surface area contributed by atoms with Crippen LogP contribution < -0.4 is 9.64 Å². The number of hydrogen-bond acceptors (Lipinski definition) is 5. The Balaban J connectivity index is 1.48. The molecule has 1 amide bonds. The number of imidazole rings is 1. The minimum Gasteiger partial charge on any atom is -0.497 e. The minimum absolute atomic E-state index is 0.00938. The summed E-state index contributed by atoms with van der Waals surface area (Å²) in [5, 5.41) is 0. The second-order valence-electron chi connectivity index (χ2n) is 8.14. The summed E-state index contributed by atoms with van der Waals surface area (Å²) in [5.74, 6) is 1.69. The van der Waals surface area contributed by atoms with E-state index in [0.717, 1.165) is 48.0 Å². The van der Waals surface area contributed by atoms with Crippen LogP contribution in [0, 0.1) is 0 Å². The van der Waals surface area contributed by atoms with E-state index >= 15 is 0 Å². The SMILES string of the molecule is COc1ccc([C@H]2c3nc[nH]c3CCN2C(=O)c2ccnc(N3CCCCC3)c2)cc1. The maximum absolute atomic E-state index is 13.7. The lowest BCUT2D eigenvalue weighted by atomic mass is 9.94. The molecule has 31 heavy (non-hydrogen) atoms. The first-order valence-corrected chi connectivity index (χ1v) is 10.9. The second-order valence-corrected chi connectivity index (χ2v) is 8.14. The van der Waals surface area contributed by atoms with Crippen LogP contribution in [0.5, 0.6) is 5.75 Å². The number of methoxy groups -OCH3 is 1. The first-order valence-electron chi connectivity index (χ1n) is 10.9. The molecule has 7 nitrogen and oxygen atoms in total. The average Bonchev–Trinajstić information content (AvgIpc) is 3.33. The molecule has 4 heterocycles. The molecule has 0 saturated carbocycles. The van der Waals surface area contributed by atoms with Crippen LogP contribution in [0.4, 0.5) is 5.82 Å². The number of hydrogen-bond donors (Lipinski definition) is 1. The molecule has 1 saturated heterocycles.